The molecule has 1 aromatic rings. The minimum absolute atomic E-state index is 0.363. The van der Waals surface area contributed by atoms with Gasteiger partial charge in [0.1, 0.15) is 0 Å². The van der Waals surface area contributed by atoms with Gasteiger partial charge in [0, 0.05) is 9.92 Å². The molecule has 0 fully saturated rings. The molecular formula is C9H9ClO2S. The Bertz CT molecular complexity index is 325. The summed E-state index contributed by atoms with van der Waals surface area (Å²) < 4.78 is 4.58. The molecule has 0 saturated carbocycles. The SMILES string of the molecule is COC(=O)c1cc(Cl)cc(SC)c1. The topological polar surface area (TPSA) is 26.3 Å². The minimum Gasteiger partial charge on any atom is -0.465 e. The van der Waals surface area contributed by atoms with Gasteiger partial charge in [-0.3, -0.25) is 0 Å². The normalized spacial score (nSPS) is 9.77. The van der Waals surface area contributed by atoms with Crippen molar-refractivity contribution in [3.05, 3.63) is 28.8 Å². The first-order valence-electron chi connectivity index (χ1n) is 3.60. The van der Waals surface area contributed by atoms with E-state index in [0.717, 1.165) is 4.90 Å². The Morgan fingerprint density at radius 1 is 1.46 bits per heavy atom. The van der Waals surface area contributed by atoms with Gasteiger partial charge in [0.05, 0.1) is 12.7 Å². The molecule has 0 unspecified atom stereocenters. The molecule has 0 amide bonds. The quantitative estimate of drug-likeness (QED) is 0.562. The van der Waals surface area contributed by atoms with Crippen LogP contribution in [0.4, 0.5) is 0 Å². The summed E-state index contributed by atoms with van der Waals surface area (Å²) >= 11 is 7.34. The van der Waals surface area contributed by atoms with E-state index >= 15 is 0 Å². The highest BCUT2D eigenvalue weighted by molar-refractivity contribution is 7.98. The Hall–Kier alpha value is -0.670. The summed E-state index contributed by atoms with van der Waals surface area (Å²) in [6.45, 7) is 0. The fourth-order valence-corrected chi connectivity index (χ4v) is 1.71. The molecule has 0 saturated heterocycles. The van der Waals surface area contributed by atoms with Gasteiger partial charge in [-0.2, -0.15) is 0 Å². The minimum atomic E-state index is -0.363. The van der Waals surface area contributed by atoms with Crippen molar-refractivity contribution >= 4 is 29.3 Å². The van der Waals surface area contributed by atoms with Crippen molar-refractivity contribution in [2.45, 2.75) is 4.90 Å². The highest BCUT2D eigenvalue weighted by Gasteiger charge is 2.07. The monoisotopic (exact) mass is 216 g/mol. The van der Waals surface area contributed by atoms with Gasteiger partial charge in [-0.15, -0.1) is 11.8 Å². The average Bonchev–Trinajstić information content (AvgIpc) is 2.15. The van der Waals surface area contributed by atoms with E-state index in [9.17, 15) is 4.79 Å². The molecule has 2 nitrogen and oxygen atoms in total. The van der Waals surface area contributed by atoms with Crippen molar-refractivity contribution < 1.29 is 9.53 Å². The maximum Gasteiger partial charge on any atom is 0.337 e. The van der Waals surface area contributed by atoms with Gasteiger partial charge >= 0.3 is 5.97 Å². The van der Waals surface area contributed by atoms with E-state index in [-0.39, 0.29) is 5.97 Å². The number of esters is 1. The van der Waals surface area contributed by atoms with Gasteiger partial charge in [0.2, 0.25) is 0 Å². The molecule has 0 spiro atoms. The third-order valence-corrected chi connectivity index (χ3v) is 2.45. The summed E-state index contributed by atoms with van der Waals surface area (Å²) in [5, 5.41) is 0.548. The molecule has 13 heavy (non-hydrogen) atoms. The van der Waals surface area contributed by atoms with Gasteiger partial charge in [-0.05, 0) is 24.5 Å². The number of carbonyl (C=O) groups excluding carboxylic acids is 1. The lowest BCUT2D eigenvalue weighted by Crippen LogP contribution is -2.00. The van der Waals surface area contributed by atoms with Crippen LogP contribution in [-0.4, -0.2) is 19.3 Å². The molecular weight excluding hydrogens is 208 g/mol. The second kappa shape index (κ2) is 4.53. The first-order valence-corrected chi connectivity index (χ1v) is 5.20. The Kier molecular flexibility index (Phi) is 3.63. The lowest BCUT2D eigenvalue weighted by Gasteiger charge is -2.02. The maximum atomic E-state index is 11.1. The molecule has 70 valence electrons. The molecule has 0 atom stereocenters. The number of halogens is 1. The summed E-state index contributed by atoms with van der Waals surface area (Å²) in [5.41, 5.74) is 0.486. The average molecular weight is 217 g/mol. The fourth-order valence-electron chi connectivity index (χ4n) is 0.916. The molecule has 0 bridgehead atoms. The highest BCUT2D eigenvalue weighted by Crippen LogP contribution is 2.22. The number of hydrogen-bond donors (Lipinski definition) is 0. The number of carbonyl (C=O) groups is 1. The molecule has 0 aliphatic rings. The van der Waals surface area contributed by atoms with Gasteiger partial charge in [0.25, 0.3) is 0 Å². The smallest absolute Gasteiger partial charge is 0.337 e. The van der Waals surface area contributed by atoms with Crippen molar-refractivity contribution in [3.8, 4) is 0 Å². The molecule has 0 radical (unpaired) electrons. The molecule has 0 heterocycles. The predicted molar refractivity (Wildman–Crippen MR) is 54.6 cm³/mol. The van der Waals surface area contributed by atoms with E-state index in [4.69, 9.17) is 11.6 Å². The molecule has 0 aromatic heterocycles. The van der Waals surface area contributed by atoms with E-state index in [2.05, 4.69) is 4.74 Å². The van der Waals surface area contributed by atoms with Crippen molar-refractivity contribution in [3.63, 3.8) is 0 Å². The van der Waals surface area contributed by atoms with Crippen LogP contribution in [0.15, 0.2) is 23.1 Å². The van der Waals surface area contributed by atoms with Crippen LogP contribution < -0.4 is 0 Å². The van der Waals surface area contributed by atoms with Crippen LogP contribution in [-0.2, 0) is 4.74 Å². The van der Waals surface area contributed by atoms with Gasteiger partial charge < -0.3 is 4.74 Å². The van der Waals surface area contributed by atoms with E-state index in [0.29, 0.717) is 10.6 Å². The largest absolute Gasteiger partial charge is 0.465 e. The second-order valence-corrected chi connectivity index (χ2v) is 3.69. The summed E-state index contributed by atoms with van der Waals surface area (Å²) in [4.78, 5) is 12.1. The van der Waals surface area contributed by atoms with Gasteiger partial charge in [-0.1, -0.05) is 11.6 Å². The molecule has 0 aliphatic carbocycles. The van der Waals surface area contributed by atoms with Crippen molar-refractivity contribution in [1.29, 1.82) is 0 Å². The van der Waals surface area contributed by atoms with Crippen LogP contribution in [0.3, 0.4) is 0 Å². The van der Waals surface area contributed by atoms with Crippen molar-refractivity contribution in [2.24, 2.45) is 0 Å². The molecule has 0 aliphatic heterocycles. The van der Waals surface area contributed by atoms with Crippen molar-refractivity contribution in [1.82, 2.24) is 0 Å². The van der Waals surface area contributed by atoms with Crippen LogP contribution >= 0.6 is 23.4 Å². The zero-order chi connectivity index (χ0) is 9.84. The van der Waals surface area contributed by atoms with E-state index in [1.165, 1.54) is 18.9 Å². The highest BCUT2D eigenvalue weighted by atomic mass is 35.5. The summed E-state index contributed by atoms with van der Waals surface area (Å²) in [5.74, 6) is -0.363. The summed E-state index contributed by atoms with van der Waals surface area (Å²) in [6, 6.07) is 5.15. The van der Waals surface area contributed by atoms with Crippen LogP contribution in [0.5, 0.6) is 0 Å². The van der Waals surface area contributed by atoms with Crippen LogP contribution in [0, 0.1) is 0 Å². The standard InChI is InChI=1S/C9H9ClO2S/c1-12-9(11)6-3-7(10)5-8(4-6)13-2/h3-5H,1-2H3. The van der Waals surface area contributed by atoms with E-state index in [1.807, 2.05) is 6.26 Å². The van der Waals surface area contributed by atoms with E-state index < -0.39 is 0 Å². The zero-order valence-electron chi connectivity index (χ0n) is 7.33. The Morgan fingerprint density at radius 3 is 2.69 bits per heavy atom. The van der Waals surface area contributed by atoms with Crippen LogP contribution in [0.1, 0.15) is 10.4 Å². The number of ether oxygens (including phenoxy) is 1. The van der Waals surface area contributed by atoms with Crippen LogP contribution in [0.2, 0.25) is 5.02 Å². The second-order valence-electron chi connectivity index (χ2n) is 2.37. The summed E-state index contributed by atoms with van der Waals surface area (Å²) in [7, 11) is 1.35. The first-order chi connectivity index (χ1) is 6.17. The molecule has 0 N–H and O–H groups in total. The number of rotatable bonds is 2. The number of benzene rings is 1. The van der Waals surface area contributed by atoms with Gasteiger partial charge in [0.15, 0.2) is 0 Å². The molecule has 1 rings (SSSR count). The maximum absolute atomic E-state index is 11.1. The first kappa shape index (κ1) is 10.4. The number of methoxy groups -OCH3 is 1. The number of hydrogen-bond acceptors (Lipinski definition) is 3. The third-order valence-electron chi connectivity index (χ3n) is 1.53. The Balaban J connectivity index is 3.08. The van der Waals surface area contributed by atoms with Gasteiger partial charge in [-0.25, -0.2) is 4.79 Å². The molecule has 4 heteroatoms. The predicted octanol–water partition coefficient (Wildman–Crippen LogP) is 2.85. The lowest BCUT2D eigenvalue weighted by atomic mass is 10.2. The number of thioether (sulfide) groups is 1. The lowest BCUT2D eigenvalue weighted by molar-refractivity contribution is 0.0600. The summed E-state index contributed by atoms with van der Waals surface area (Å²) in [6.07, 6.45) is 1.92. The third kappa shape index (κ3) is 2.64. The fraction of sp³-hybridized carbons (Fsp3) is 0.222. The van der Waals surface area contributed by atoms with Crippen LogP contribution in [0.25, 0.3) is 0 Å². The zero-order valence-corrected chi connectivity index (χ0v) is 8.91. The van der Waals surface area contributed by atoms with Crippen molar-refractivity contribution in [2.75, 3.05) is 13.4 Å². The van der Waals surface area contributed by atoms with E-state index in [1.54, 1.807) is 18.2 Å². The Morgan fingerprint density at radius 2 is 2.15 bits per heavy atom. The molecule has 1 aromatic carbocycles. The Labute approximate surface area is 86.2 Å².